The van der Waals surface area contributed by atoms with Crippen LogP contribution in [0.3, 0.4) is 0 Å². The van der Waals surface area contributed by atoms with E-state index in [1.54, 1.807) is 0 Å². The predicted octanol–water partition coefficient (Wildman–Crippen LogP) is 3.34. The summed E-state index contributed by atoms with van der Waals surface area (Å²) < 4.78 is 0. The summed E-state index contributed by atoms with van der Waals surface area (Å²) in [6, 6.07) is 0.486. The van der Waals surface area contributed by atoms with E-state index in [0.717, 1.165) is 6.42 Å². The molecule has 3 fully saturated rings. The van der Waals surface area contributed by atoms with Gasteiger partial charge in [-0.25, -0.2) is 0 Å². The van der Waals surface area contributed by atoms with E-state index < -0.39 is 0 Å². The lowest BCUT2D eigenvalue weighted by atomic mass is 9.68. The van der Waals surface area contributed by atoms with Gasteiger partial charge in [0, 0.05) is 6.04 Å². The van der Waals surface area contributed by atoms with Gasteiger partial charge in [0.05, 0.1) is 6.10 Å². The molecule has 3 rings (SSSR count). The van der Waals surface area contributed by atoms with Gasteiger partial charge in [0.25, 0.3) is 0 Å². The Kier molecular flexibility index (Phi) is 3.95. The monoisotopic (exact) mass is 251 g/mol. The Morgan fingerprint density at radius 3 is 2.11 bits per heavy atom. The second-order valence-corrected chi connectivity index (χ2v) is 7.02. The summed E-state index contributed by atoms with van der Waals surface area (Å²) in [5.74, 6) is 0. The molecule has 1 spiro atoms. The summed E-state index contributed by atoms with van der Waals surface area (Å²) in [6.07, 6.45) is 14.9. The maximum absolute atomic E-state index is 10.2. The molecule has 2 aliphatic carbocycles. The molecule has 1 aliphatic heterocycles. The number of piperidine rings is 1. The third-order valence-electron chi connectivity index (χ3n) is 5.94. The molecule has 2 nitrogen and oxygen atoms in total. The minimum Gasteiger partial charge on any atom is -0.391 e. The first-order valence-corrected chi connectivity index (χ1v) is 8.21. The van der Waals surface area contributed by atoms with Crippen molar-refractivity contribution in [1.82, 2.24) is 4.90 Å². The molecule has 0 aromatic carbocycles. The molecule has 2 saturated carbocycles. The normalized spacial score (nSPS) is 37.8. The second-order valence-electron chi connectivity index (χ2n) is 7.02. The van der Waals surface area contributed by atoms with Gasteiger partial charge in [0.2, 0.25) is 0 Å². The molecule has 0 radical (unpaired) electrons. The molecule has 2 unspecified atom stereocenters. The summed E-state index contributed by atoms with van der Waals surface area (Å²) in [5.41, 5.74) is 0.703. The van der Waals surface area contributed by atoms with Gasteiger partial charge in [-0.2, -0.15) is 0 Å². The van der Waals surface area contributed by atoms with Gasteiger partial charge in [-0.15, -0.1) is 0 Å². The predicted molar refractivity (Wildman–Crippen MR) is 74.6 cm³/mol. The second kappa shape index (κ2) is 5.50. The summed E-state index contributed by atoms with van der Waals surface area (Å²) in [7, 11) is 0. The molecule has 0 bridgehead atoms. The molecule has 1 N–H and O–H groups in total. The molecular weight excluding hydrogens is 222 g/mol. The summed E-state index contributed by atoms with van der Waals surface area (Å²) in [6.45, 7) is 2.50. The number of hydrogen-bond donors (Lipinski definition) is 1. The average molecular weight is 251 g/mol. The maximum atomic E-state index is 10.2. The van der Waals surface area contributed by atoms with Gasteiger partial charge in [0.15, 0.2) is 0 Å². The number of hydrogen-bond acceptors (Lipinski definition) is 2. The van der Waals surface area contributed by atoms with E-state index in [0.29, 0.717) is 11.5 Å². The van der Waals surface area contributed by atoms with E-state index >= 15 is 0 Å². The molecule has 104 valence electrons. The minimum absolute atomic E-state index is 0.0424. The third kappa shape index (κ3) is 2.60. The number of rotatable bonds is 1. The van der Waals surface area contributed by atoms with E-state index in [2.05, 4.69) is 4.90 Å². The molecule has 18 heavy (non-hydrogen) atoms. The van der Waals surface area contributed by atoms with Crippen LogP contribution in [0, 0.1) is 5.41 Å². The van der Waals surface area contributed by atoms with Crippen LogP contribution in [0.5, 0.6) is 0 Å². The van der Waals surface area contributed by atoms with Gasteiger partial charge in [0.1, 0.15) is 0 Å². The SMILES string of the molecule is OC1CCCCC1N1CCC2(CCCCC2)CC1. The van der Waals surface area contributed by atoms with Crippen molar-refractivity contribution in [2.45, 2.75) is 82.8 Å². The zero-order chi connectivity index (χ0) is 12.4. The lowest BCUT2D eigenvalue weighted by Crippen LogP contribution is -2.51. The van der Waals surface area contributed by atoms with Crippen LogP contribution in [0.1, 0.15) is 70.6 Å². The number of likely N-dealkylation sites (tertiary alicyclic amines) is 1. The summed E-state index contributed by atoms with van der Waals surface area (Å²) in [5, 5.41) is 10.2. The van der Waals surface area contributed by atoms with Crippen LogP contribution < -0.4 is 0 Å². The zero-order valence-electron chi connectivity index (χ0n) is 11.7. The van der Waals surface area contributed by atoms with Crippen LogP contribution in [0.15, 0.2) is 0 Å². The highest BCUT2D eigenvalue weighted by Crippen LogP contribution is 2.45. The third-order valence-corrected chi connectivity index (χ3v) is 5.94. The van der Waals surface area contributed by atoms with Crippen molar-refractivity contribution in [1.29, 1.82) is 0 Å². The molecule has 1 saturated heterocycles. The van der Waals surface area contributed by atoms with Crippen molar-refractivity contribution in [3.8, 4) is 0 Å². The Morgan fingerprint density at radius 1 is 0.778 bits per heavy atom. The minimum atomic E-state index is -0.0424. The van der Waals surface area contributed by atoms with E-state index in [-0.39, 0.29) is 6.10 Å². The van der Waals surface area contributed by atoms with Crippen LogP contribution in [0.4, 0.5) is 0 Å². The first-order chi connectivity index (χ1) is 8.79. The molecule has 1 heterocycles. The highest BCUT2D eigenvalue weighted by molar-refractivity contribution is 4.92. The Morgan fingerprint density at radius 2 is 1.44 bits per heavy atom. The van der Waals surface area contributed by atoms with Gasteiger partial charge >= 0.3 is 0 Å². The van der Waals surface area contributed by atoms with Gasteiger partial charge in [-0.1, -0.05) is 32.1 Å². The topological polar surface area (TPSA) is 23.5 Å². The molecule has 0 aromatic rings. The van der Waals surface area contributed by atoms with Gasteiger partial charge < -0.3 is 5.11 Å². The maximum Gasteiger partial charge on any atom is 0.0695 e. The Labute approximate surface area is 112 Å². The molecule has 0 aromatic heterocycles. The Hall–Kier alpha value is -0.0800. The lowest BCUT2D eigenvalue weighted by molar-refractivity contribution is -0.0204. The largest absolute Gasteiger partial charge is 0.391 e. The zero-order valence-corrected chi connectivity index (χ0v) is 11.7. The van der Waals surface area contributed by atoms with Crippen molar-refractivity contribution in [3.05, 3.63) is 0 Å². The van der Waals surface area contributed by atoms with Crippen molar-refractivity contribution in [2.75, 3.05) is 13.1 Å². The van der Waals surface area contributed by atoms with Crippen LogP contribution >= 0.6 is 0 Å². The van der Waals surface area contributed by atoms with Crippen LogP contribution in [0.25, 0.3) is 0 Å². The van der Waals surface area contributed by atoms with Crippen molar-refractivity contribution in [2.24, 2.45) is 5.41 Å². The van der Waals surface area contributed by atoms with Crippen molar-refractivity contribution < 1.29 is 5.11 Å². The summed E-state index contributed by atoms with van der Waals surface area (Å²) in [4.78, 5) is 2.61. The fraction of sp³-hybridized carbons (Fsp3) is 1.00. The molecule has 0 amide bonds. The molecule has 3 aliphatic rings. The van der Waals surface area contributed by atoms with Crippen LogP contribution in [-0.4, -0.2) is 35.2 Å². The fourth-order valence-corrected chi connectivity index (χ4v) is 4.65. The van der Waals surface area contributed by atoms with Crippen molar-refractivity contribution >= 4 is 0 Å². The van der Waals surface area contributed by atoms with Crippen LogP contribution in [0.2, 0.25) is 0 Å². The van der Waals surface area contributed by atoms with E-state index in [9.17, 15) is 5.11 Å². The molecule has 2 heteroatoms. The summed E-state index contributed by atoms with van der Waals surface area (Å²) >= 11 is 0. The van der Waals surface area contributed by atoms with Gasteiger partial charge in [-0.3, -0.25) is 4.90 Å². The fourth-order valence-electron chi connectivity index (χ4n) is 4.65. The first-order valence-electron chi connectivity index (χ1n) is 8.21. The van der Waals surface area contributed by atoms with E-state index in [1.807, 2.05) is 0 Å². The lowest BCUT2D eigenvalue weighted by Gasteiger charge is -2.48. The first kappa shape index (κ1) is 12.9. The Balaban J connectivity index is 1.55. The number of aliphatic hydroxyl groups is 1. The van der Waals surface area contributed by atoms with Gasteiger partial charge in [-0.05, 0) is 57.0 Å². The smallest absolute Gasteiger partial charge is 0.0695 e. The van der Waals surface area contributed by atoms with E-state index in [1.165, 1.54) is 77.3 Å². The van der Waals surface area contributed by atoms with E-state index in [4.69, 9.17) is 0 Å². The highest BCUT2D eigenvalue weighted by atomic mass is 16.3. The number of nitrogens with zero attached hydrogens (tertiary/aromatic N) is 1. The standard InChI is InChI=1S/C16H29NO/c18-15-7-3-2-6-14(15)17-12-10-16(11-13-17)8-4-1-5-9-16/h14-15,18H,1-13H2. The highest BCUT2D eigenvalue weighted by Gasteiger charge is 2.38. The average Bonchev–Trinajstić information content (AvgIpc) is 2.42. The Bertz CT molecular complexity index is 262. The van der Waals surface area contributed by atoms with Crippen molar-refractivity contribution in [3.63, 3.8) is 0 Å². The molecule has 2 atom stereocenters. The quantitative estimate of drug-likeness (QED) is 0.772. The molecular formula is C16H29NO. The van der Waals surface area contributed by atoms with Crippen LogP contribution in [-0.2, 0) is 0 Å². The number of aliphatic hydroxyl groups excluding tert-OH is 1.